The van der Waals surface area contributed by atoms with Gasteiger partial charge in [-0.15, -0.1) is 0 Å². The van der Waals surface area contributed by atoms with Crippen LogP contribution in [0.3, 0.4) is 0 Å². The largest absolute Gasteiger partial charge is 0.364 e. The summed E-state index contributed by atoms with van der Waals surface area (Å²) >= 11 is 0. The Morgan fingerprint density at radius 3 is 2.63 bits per heavy atom. The number of anilines is 2. The van der Waals surface area contributed by atoms with Gasteiger partial charge < -0.3 is 10.2 Å². The average Bonchev–Trinajstić information content (AvgIpc) is 2.48. The van der Waals surface area contributed by atoms with Crippen LogP contribution in [0.15, 0.2) is 36.8 Å². The van der Waals surface area contributed by atoms with E-state index in [0.29, 0.717) is 6.54 Å². The van der Waals surface area contributed by atoms with Gasteiger partial charge in [0, 0.05) is 25.4 Å². The number of nitrogens with zero attached hydrogens (tertiary/aromatic N) is 4. The third-order valence-electron chi connectivity index (χ3n) is 2.92. The molecule has 5 nitrogen and oxygen atoms in total. The van der Waals surface area contributed by atoms with Crippen molar-refractivity contribution in [2.45, 2.75) is 20.4 Å². The highest BCUT2D eigenvalue weighted by atomic mass is 15.2. The first-order valence-electron chi connectivity index (χ1n) is 6.54. The van der Waals surface area contributed by atoms with Crippen molar-refractivity contribution in [3.63, 3.8) is 0 Å². The molecular formula is C14H19N5. The van der Waals surface area contributed by atoms with E-state index in [1.54, 1.807) is 12.5 Å². The number of aromatic nitrogens is 3. The van der Waals surface area contributed by atoms with Crippen molar-refractivity contribution in [1.29, 1.82) is 0 Å². The van der Waals surface area contributed by atoms with E-state index in [9.17, 15) is 0 Å². The number of hydrogen-bond acceptors (Lipinski definition) is 5. The Hall–Kier alpha value is -2.17. The molecule has 0 aliphatic carbocycles. The number of nitrogens with one attached hydrogen (secondary N) is 1. The second-order valence-corrected chi connectivity index (χ2v) is 4.11. The van der Waals surface area contributed by atoms with Crippen molar-refractivity contribution < 1.29 is 0 Å². The molecule has 0 unspecified atom stereocenters. The molecule has 5 heteroatoms. The number of hydrogen-bond donors (Lipinski definition) is 1. The van der Waals surface area contributed by atoms with E-state index in [2.05, 4.69) is 39.0 Å². The maximum absolute atomic E-state index is 4.30. The van der Waals surface area contributed by atoms with Crippen LogP contribution in [0.2, 0.25) is 0 Å². The van der Waals surface area contributed by atoms with Crippen molar-refractivity contribution in [3.05, 3.63) is 42.5 Å². The van der Waals surface area contributed by atoms with E-state index in [4.69, 9.17) is 0 Å². The van der Waals surface area contributed by atoms with Gasteiger partial charge in [0.2, 0.25) is 0 Å². The van der Waals surface area contributed by atoms with E-state index in [0.717, 1.165) is 30.4 Å². The van der Waals surface area contributed by atoms with Crippen molar-refractivity contribution in [2.24, 2.45) is 0 Å². The molecule has 2 heterocycles. The molecule has 0 aliphatic heterocycles. The first kappa shape index (κ1) is 13.3. The van der Waals surface area contributed by atoms with Crippen molar-refractivity contribution >= 4 is 11.6 Å². The normalized spacial score (nSPS) is 10.2. The monoisotopic (exact) mass is 257 g/mol. The molecule has 0 spiro atoms. The lowest BCUT2D eigenvalue weighted by Gasteiger charge is -2.19. The zero-order chi connectivity index (χ0) is 13.5. The lowest BCUT2D eigenvalue weighted by molar-refractivity contribution is 0.841. The maximum Gasteiger partial charge on any atom is 0.134 e. The molecule has 0 bridgehead atoms. The summed E-state index contributed by atoms with van der Waals surface area (Å²) in [6.07, 6.45) is 3.38. The summed E-state index contributed by atoms with van der Waals surface area (Å²) in [5.74, 6) is 1.77. The van der Waals surface area contributed by atoms with Crippen molar-refractivity contribution in [2.75, 3.05) is 23.3 Å². The van der Waals surface area contributed by atoms with Crippen molar-refractivity contribution in [1.82, 2.24) is 15.0 Å². The number of pyridine rings is 1. The lowest BCUT2D eigenvalue weighted by atomic mass is 10.3. The van der Waals surface area contributed by atoms with Crippen LogP contribution in [-0.2, 0) is 6.54 Å². The van der Waals surface area contributed by atoms with E-state index in [-0.39, 0.29) is 0 Å². The van der Waals surface area contributed by atoms with Crippen LogP contribution in [0.4, 0.5) is 11.6 Å². The third-order valence-corrected chi connectivity index (χ3v) is 2.92. The molecule has 0 aliphatic rings. The van der Waals surface area contributed by atoms with E-state index < -0.39 is 0 Å². The fourth-order valence-corrected chi connectivity index (χ4v) is 1.85. The summed E-state index contributed by atoms with van der Waals surface area (Å²) in [6, 6.07) is 7.84. The fourth-order valence-electron chi connectivity index (χ4n) is 1.85. The van der Waals surface area contributed by atoms with E-state index >= 15 is 0 Å². The minimum atomic E-state index is 0.662. The molecule has 19 heavy (non-hydrogen) atoms. The second kappa shape index (κ2) is 6.68. The molecular weight excluding hydrogens is 238 g/mol. The molecule has 0 saturated carbocycles. The fraction of sp³-hybridized carbons (Fsp3) is 0.357. The quantitative estimate of drug-likeness (QED) is 0.860. The summed E-state index contributed by atoms with van der Waals surface area (Å²) in [5.41, 5.74) is 0.991. The average molecular weight is 257 g/mol. The van der Waals surface area contributed by atoms with Crippen LogP contribution in [0.5, 0.6) is 0 Å². The minimum Gasteiger partial charge on any atom is -0.364 e. The molecule has 0 atom stereocenters. The van der Waals surface area contributed by atoms with E-state index in [1.165, 1.54) is 0 Å². The van der Waals surface area contributed by atoms with Gasteiger partial charge >= 0.3 is 0 Å². The Balaban J connectivity index is 2.03. The van der Waals surface area contributed by atoms with E-state index in [1.807, 2.05) is 24.3 Å². The van der Waals surface area contributed by atoms with Gasteiger partial charge in [0.15, 0.2) is 0 Å². The van der Waals surface area contributed by atoms with Gasteiger partial charge in [0.05, 0.1) is 12.2 Å². The Labute approximate surface area is 113 Å². The van der Waals surface area contributed by atoms with Gasteiger partial charge in [-0.3, -0.25) is 4.98 Å². The second-order valence-electron chi connectivity index (χ2n) is 4.11. The third kappa shape index (κ3) is 3.64. The SMILES string of the molecule is CCN(CC)c1cc(NCc2ccccn2)ncn1. The highest BCUT2D eigenvalue weighted by Gasteiger charge is 2.04. The maximum atomic E-state index is 4.30. The molecule has 2 rings (SSSR count). The van der Waals surface area contributed by atoms with Gasteiger partial charge in [-0.1, -0.05) is 6.07 Å². The topological polar surface area (TPSA) is 53.9 Å². The zero-order valence-corrected chi connectivity index (χ0v) is 11.4. The standard InChI is InChI=1S/C14H19N5/c1-3-19(4-2)14-9-13(17-11-18-14)16-10-12-7-5-6-8-15-12/h5-9,11H,3-4,10H2,1-2H3,(H,16,17,18). The lowest BCUT2D eigenvalue weighted by Crippen LogP contribution is -2.23. The summed E-state index contributed by atoms with van der Waals surface area (Å²) in [4.78, 5) is 15.0. The summed E-state index contributed by atoms with van der Waals surface area (Å²) in [5, 5.41) is 3.26. The molecule has 0 aromatic carbocycles. The predicted molar refractivity (Wildman–Crippen MR) is 77.2 cm³/mol. The summed E-state index contributed by atoms with van der Waals surface area (Å²) < 4.78 is 0. The summed E-state index contributed by atoms with van der Waals surface area (Å²) in [6.45, 7) is 6.77. The molecule has 0 saturated heterocycles. The van der Waals surface area contributed by atoms with Gasteiger partial charge in [-0.05, 0) is 26.0 Å². The van der Waals surface area contributed by atoms with Gasteiger partial charge in [0.1, 0.15) is 18.0 Å². The Morgan fingerprint density at radius 1 is 1.11 bits per heavy atom. The molecule has 0 fully saturated rings. The first-order chi connectivity index (χ1) is 9.33. The van der Waals surface area contributed by atoms with Crippen LogP contribution < -0.4 is 10.2 Å². The Kier molecular flexibility index (Phi) is 4.66. The Bertz CT molecular complexity index is 496. The molecule has 0 radical (unpaired) electrons. The Morgan fingerprint density at radius 2 is 1.95 bits per heavy atom. The highest BCUT2D eigenvalue weighted by Crippen LogP contribution is 2.14. The van der Waals surface area contributed by atoms with Crippen LogP contribution >= 0.6 is 0 Å². The van der Waals surface area contributed by atoms with Gasteiger partial charge in [-0.2, -0.15) is 0 Å². The molecule has 1 N–H and O–H groups in total. The summed E-state index contributed by atoms with van der Waals surface area (Å²) in [7, 11) is 0. The van der Waals surface area contributed by atoms with Crippen molar-refractivity contribution in [3.8, 4) is 0 Å². The zero-order valence-electron chi connectivity index (χ0n) is 11.4. The minimum absolute atomic E-state index is 0.662. The smallest absolute Gasteiger partial charge is 0.134 e. The van der Waals surface area contributed by atoms with Gasteiger partial charge in [-0.25, -0.2) is 9.97 Å². The van der Waals surface area contributed by atoms with Crippen LogP contribution in [0, 0.1) is 0 Å². The molecule has 100 valence electrons. The number of rotatable bonds is 6. The van der Waals surface area contributed by atoms with Gasteiger partial charge in [0.25, 0.3) is 0 Å². The molecule has 2 aromatic rings. The predicted octanol–water partition coefficient (Wildman–Crippen LogP) is 2.33. The van der Waals surface area contributed by atoms with Crippen LogP contribution in [-0.4, -0.2) is 28.0 Å². The highest BCUT2D eigenvalue weighted by molar-refractivity contribution is 5.48. The molecule has 2 aromatic heterocycles. The van der Waals surface area contributed by atoms with Crippen LogP contribution in [0.25, 0.3) is 0 Å². The first-order valence-corrected chi connectivity index (χ1v) is 6.54. The van der Waals surface area contributed by atoms with Crippen LogP contribution in [0.1, 0.15) is 19.5 Å². The molecule has 0 amide bonds.